The summed E-state index contributed by atoms with van der Waals surface area (Å²) in [5.41, 5.74) is 1.54. The molecular weight excluding hydrogens is 399 g/mol. The maximum absolute atomic E-state index is 13.9. The van der Waals surface area contributed by atoms with Gasteiger partial charge in [0, 0.05) is 43.2 Å². The van der Waals surface area contributed by atoms with Gasteiger partial charge in [-0.25, -0.2) is 4.39 Å². The third-order valence-electron chi connectivity index (χ3n) is 6.27. The number of hydrogen-bond donors (Lipinski definition) is 1. The molecule has 1 atom stereocenters. The molecule has 0 saturated carbocycles. The quantitative estimate of drug-likeness (QED) is 0.764. The van der Waals surface area contributed by atoms with E-state index in [4.69, 9.17) is 0 Å². The van der Waals surface area contributed by atoms with Gasteiger partial charge in [0.2, 0.25) is 11.8 Å². The first-order chi connectivity index (χ1) is 14.8. The van der Waals surface area contributed by atoms with Gasteiger partial charge in [0.1, 0.15) is 11.6 Å². The highest BCUT2D eigenvalue weighted by atomic mass is 19.1. The fraction of sp³-hybridized carbons (Fsp3) is 0.375. The van der Waals surface area contributed by atoms with Gasteiger partial charge >= 0.3 is 0 Å². The molecule has 4 rings (SSSR count). The Morgan fingerprint density at radius 1 is 1.03 bits per heavy atom. The predicted molar refractivity (Wildman–Crippen MR) is 113 cm³/mol. The average Bonchev–Trinajstić information content (AvgIpc) is 3.17. The number of Topliss-reactive ketones (excluding diaryl/α,β-unsaturated/α-hetero) is 1. The van der Waals surface area contributed by atoms with Crippen LogP contribution in [0.1, 0.15) is 35.2 Å². The van der Waals surface area contributed by atoms with Gasteiger partial charge in [0.25, 0.3) is 0 Å². The summed E-state index contributed by atoms with van der Waals surface area (Å²) >= 11 is 0. The lowest BCUT2D eigenvalue weighted by molar-refractivity contribution is -0.137. The van der Waals surface area contributed by atoms with Gasteiger partial charge < -0.3 is 14.9 Å². The lowest BCUT2D eigenvalue weighted by Crippen LogP contribution is -2.43. The Morgan fingerprint density at radius 3 is 2.35 bits per heavy atom. The maximum Gasteiger partial charge on any atom is 0.228 e. The molecule has 0 bridgehead atoms. The number of likely N-dealkylation sites (tertiary alicyclic amines) is 1. The molecule has 7 heteroatoms. The van der Waals surface area contributed by atoms with Gasteiger partial charge in [-0.2, -0.15) is 0 Å². The van der Waals surface area contributed by atoms with Crippen LogP contribution < -0.4 is 4.90 Å². The summed E-state index contributed by atoms with van der Waals surface area (Å²) in [4.78, 5) is 41.3. The van der Waals surface area contributed by atoms with Crippen LogP contribution in [-0.2, 0) is 9.59 Å². The molecule has 2 saturated heterocycles. The molecule has 1 N–H and O–H groups in total. The molecule has 0 radical (unpaired) electrons. The van der Waals surface area contributed by atoms with Crippen molar-refractivity contribution in [3.8, 4) is 5.75 Å². The number of aromatic hydroxyl groups is 1. The van der Waals surface area contributed by atoms with Crippen LogP contribution in [0.5, 0.6) is 5.75 Å². The average molecular weight is 424 g/mol. The van der Waals surface area contributed by atoms with Crippen molar-refractivity contribution in [2.24, 2.45) is 11.8 Å². The fourth-order valence-electron chi connectivity index (χ4n) is 4.35. The number of nitrogens with zero attached hydrogens (tertiary/aromatic N) is 2. The summed E-state index contributed by atoms with van der Waals surface area (Å²) in [5, 5.41) is 9.38. The van der Waals surface area contributed by atoms with Crippen LogP contribution in [0.25, 0.3) is 0 Å². The molecule has 2 fully saturated rings. The number of phenolic OH excluding ortho intramolecular Hbond substituents is 1. The van der Waals surface area contributed by atoms with E-state index in [1.165, 1.54) is 23.1 Å². The molecule has 2 aliphatic heterocycles. The van der Waals surface area contributed by atoms with E-state index in [0.29, 0.717) is 42.7 Å². The van der Waals surface area contributed by atoms with Crippen LogP contribution >= 0.6 is 0 Å². The van der Waals surface area contributed by atoms with E-state index in [1.807, 2.05) is 0 Å². The van der Waals surface area contributed by atoms with Crippen molar-refractivity contribution in [2.75, 3.05) is 24.5 Å². The minimum Gasteiger partial charge on any atom is -0.508 e. The first-order valence-electron chi connectivity index (χ1n) is 10.5. The number of benzene rings is 2. The lowest BCUT2D eigenvalue weighted by Gasteiger charge is -2.33. The third-order valence-corrected chi connectivity index (χ3v) is 6.27. The van der Waals surface area contributed by atoms with E-state index >= 15 is 0 Å². The Kier molecular flexibility index (Phi) is 5.76. The topological polar surface area (TPSA) is 77.9 Å². The number of rotatable bonds is 4. The smallest absolute Gasteiger partial charge is 0.228 e. The van der Waals surface area contributed by atoms with Crippen molar-refractivity contribution < 1.29 is 23.9 Å². The number of aryl methyl sites for hydroxylation is 1. The summed E-state index contributed by atoms with van der Waals surface area (Å²) in [5.74, 6) is -1.12. The Morgan fingerprint density at radius 2 is 1.71 bits per heavy atom. The number of amides is 2. The molecule has 31 heavy (non-hydrogen) atoms. The van der Waals surface area contributed by atoms with Crippen molar-refractivity contribution in [3.05, 3.63) is 59.4 Å². The molecule has 2 aliphatic rings. The number of phenols is 1. The van der Waals surface area contributed by atoms with Crippen molar-refractivity contribution in [1.82, 2.24) is 4.90 Å². The number of carbonyl (C=O) groups excluding carboxylic acids is 3. The van der Waals surface area contributed by atoms with E-state index in [1.54, 1.807) is 36.1 Å². The second kappa shape index (κ2) is 8.49. The molecule has 2 aromatic rings. The highest BCUT2D eigenvalue weighted by Crippen LogP contribution is 2.29. The number of halogens is 1. The van der Waals surface area contributed by atoms with Crippen LogP contribution in [-0.4, -0.2) is 47.2 Å². The maximum atomic E-state index is 13.9. The minimum atomic E-state index is -0.457. The van der Waals surface area contributed by atoms with E-state index < -0.39 is 5.92 Å². The van der Waals surface area contributed by atoms with Crippen LogP contribution in [0.3, 0.4) is 0 Å². The number of carbonyl (C=O) groups is 3. The number of hydrogen-bond acceptors (Lipinski definition) is 4. The van der Waals surface area contributed by atoms with E-state index in [-0.39, 0.29) is 48.0 Å². The Labute approximate surface area is 180 Å². The first-order valence-corrected chi connectivity index (χ1v) is 10.5. The van der Waals surface area contributed by atoms with Gasteiger partial charge in [-0.1, -0.05) is 6.07 Å². The van der Waals surface area contributed by atoms with Gasteiger partial charge in [-0.3, -0.25) is 14.4 Å². The van der Waals surface area contributed by atoms with Crippen LogP contribution in [0.4, 0.5) is 10.1 Å². The van der Waals surface area contributed by atoms with E-state index in [2.05, 4.69) is 0 Å². The van der Waals surface area contributed by atoms with Crippen LogP contribution in [0.2, 0.25) is 0 Å². The standard InChI is InChI=1S/C24H25FN2O4/c1-15-2-5-19(13-21(15)25)27-14-18(12-22(27)29)24(31)26-10-8-17(9-11-26)23(30)16-3-6-20(28)7-4-16/h2-7,13,17-18,28H,8-12,14H2,1H3. The molecule has 2 amide bonds. The molecule has 162 valence electrons. The molecule has 2 aromatic carbocycles. The molecule has 0 aliphatic carbocycles. The normalized spacial score (nSPS) is 19.7. The molecular formula is C24H25FN2O4. The van der Waals surface area contributed by atoms with Gasteiger partial charge in [0.05, 0.1) is 5.92 Å². The second-order valence-electron chi connectivity index (χ2n) is 8.35. The van der Waals surface area contributed by atoms with Crippen molar-refractivity contribution in [3.63, 3.8) is 0 Å². The zero-order valence-electron chi connectivity index (χ0n) is 17.4. The zero-order valence-corrected chi connectivity index (χ0v) is 17.4. The summed E-state index contributed by atoms with van der Waals surface area (Å²) in [6.45, 7) is 2.84. The summed E-state index contributed by atoms with van der Waals surface area (Å²) in [6, 6.07) is 10.9. The minimum absolute atomic E-state index is 0.0238. The van der Waals surface area contributed by atoms with E-state index in [0.717, 1.165) is 0 Å². The molecule has 6 nitrogen and oxygen atoms in total. The highest BCUT2D eigenvalue weighted by Gasteiger charge is 2.38. The van der Waals surface area contributed by atoms with E-state index in [9.17, 15) is 23.9 Å². The second-order valence-corrected chi connectivity index (χ2v) is 8.35. The lowest BCUT2D eigenvalue weighted by atomic mass is 9.88. The highest BCUT2D eigenvalue weighted by molar-refractivity contribution is 6.00. The van der Waals surface area contributed by atoms with Gasteiger partial charge in [0.15, 0.2) is 5.78 Å². The predicted octanol–water partition coefficient (Wildman–Crippen LogP) is 3.31. The summed E-state index contributed by atoms with van der Waals surface area (Å²) in [7, 11) is 0. The molecule has 1 unspecified atom stereocenters. The number of ketones is 1. The SMILES string of the molecule is Cc1ccc(N2CC(C(=O)N3CCC(C(=O)c4ccc(O)cc4)CC3)CC2=O)cc1F. The van der Waals surface area contributed by atoms with Gasteiger partial charge in [-0.05, 0) is 61.7 Å². The molecule has 2 heterocycles. The third kappa shape index (κ3) is 4.31. The Bertz CT molecular complexity index is 1010. The van der Waals surface area contributed by atoms with Crippen LogP contribution in [0, 0.1) is 24.6 Å². The molecule has 0 aromatic heterocycles. The fourth-order valence-corrected chi connectivity index (χ4v) is 4.35. The monoisotopic (exact) mass is 424 g/mol. The summed E-state index contributed by atoms with van der Waals surface area (Å²) in [6.07, 6.45) is 1.25. The zero-order chi connectivity index (χ0) is 22.1. The van der Waals surface area contributed by atoms with Crippen molar-refractivity contribution in [2.45, 2.75) is 26.2 Å². The van der Waals surface area contributed by atoms with Crippen molar-refractivity contribution in [1.29, 1.82) is 0 Å². The van der Waals surface area contributed by atoms with Gasteiger partial charge in [-0.15, -0.1) is 0 Å². The van der Waals surface area contributed by atoms with Crippen molar-refractivity contribution >= 4 is 23.3 Å². The summed E-state index contributed by atoms with van der Waals surface area (Å²) < 4.78 is 13.9. The number of piperidine rings is 1. The number of anilines is 1. The Balaban J connectivity index is 1.35. The Hall–Kier alpha value is -3.22. The largest absolute Gasteiger partial charge is 0.508 e. The molecule has 0 spiro atoms. The van der Waals surface area contributed by atoms with Crippen LogP contribution in [0.15, 0.2) is 42.5 Å². The first kappa shape index (κ1) is 21.0.